The summed E-state index contributed by atoms with van der Waals surface area (Å²) in [5.41, 5.74) is 2.38. The molecule has 0 amide bonds. The highest BCUT2D eigenvalue weighted by atomic mass is 32.1. The zero-order valence-electron chi connectivity index (χ0n) is 17.6. The Morgan fingerprint density at radius 2 is 1.28 bits per heavy atom. The number of nitrogens with zero attached hydrogens (tertiary/aromatic N) is 2. The second kappa shape index (κ2) is 10.5. The Kier molecular flexibility index (Phi) is 7.09. The second-order valence-electron chi connectivity index (χ2n) is 6.87. The molecule has 0 unspecified atom stereocenters. The lowest BCUT2D eigenvalue weighted by Crippen LogP contribution is -2.04. The number of ether oxygens (including phenoxy) is 3. The topological polar surface area (TPSA) is 70.5 Å². The molecule has 1 heterocycles. The summed E-state index contributed by atoms with van der Waals surface area (Å²) in [6.07, 6.45) is 0.797. The molecule has 0 radical (unpaired) electrons. The zero-order chi connectivity index (χ0) is 22.2. The van der Waals surface area contributed by atoms with E-state index >= 15 is 0 Å². The van der Waals surface area contributed by atoms with E-state index in [1.165, 1.54) is 18.4 Å². The molecule has 0 spiro atoms. The first-order valence-electron chi connectivity index (χ1n) is 10.2. The van der Waals surface area contributed by atoms with Crippen molar-refractivity contribution in [3.63, 3.8) is 0 Å². The molecule has 0 aliphatic carbocycles. The van der Waals surface area contributed by atoms with Crippen LogP contribution in [0.2, 0.25) is 0 Å². The van der Waals surface area contributed by atoms with Crippen LogP contribution in [0.25, 0.3) is 21.1 Å². The number of rotatable bonds is 9. The summed E-state index contributed by atoms with van der Waals surface area (Å²) in [7, 11) is 1.37. The number of methoxy groups -OCH3 is 1. The molecule has 3 aromatic carbocycles. The smallest absolute Gasteiger partial charge is 0.337 e. The molecule has 0 fully saturated rings. The van der Waals surface area contributed by atoms with E-state index in [0.29, 0.717) is 18.8 Å². The number of esters is 1. The Balaban J connectivity index is 1.29. The molecule has 162 valence electrons. The maximum atomic E-state index is 11.6. The fraction of sp³-hybridized carbons (Fsp3) is 0.160. The highest BCUT2D eigenvalue weighted by Crippen LogP contribution is 2.31. The number of benzene rings is 3. The molecule has 32 heavy (non-hydrogen) atoms. The molecule has 0 aliphatic rings. The van der Waals surface area contributed by atoms with Gasteiger partial charge in [-0.25, -0.2) is 4.79 Å². The van der Waals surface area contributed by atoms with Gasteiger partial charge >= 0.3 is 5.97 Å². The predicted molar refractivity (Wildman–Crippen MR) is 124 cm³/mol. The van der Waals surface area contributed by atoms with Gasteiger partial charge in [0.1, 0.15) is 21.5 Å². The van der Waals surface area contributed by atoms with Gasteiger partial charge < -0.3 is 14.2 Å². The molecule has 1 aromatic heterocycles. The molecular weight excluding hydrogens is 424 g/mol. The third-order valence-corrected chi connectivity index (χ3v) is 5.67. The van der Waals surface area contributed by atoms with Crippen molar-refractivity contribution >= 4 is 17.3 Å². The SMILES string of the molecule is COC(=O)c1ccc(-c2nnc(-c3ccc(OCCCOc4ccccc4)cc3)s2)cc1. The van der Waals surface area contributed by atoms with Gasteiger partial charge in [-0.3, -0.25) is 0 Å². The first-order valence-corrected chi connectivity index (χ1v) is 11.0. The Labute approximate surface area is 190 Å². The maximum absolute atomic E-state index is 11.6. The van der Waals surface area contributed by atoms with Crippen molar-refractivity contribution in [1.82, 2.24) is 10.2 Å². The van der Waals surface area contributed by atoms with Gasteiger partial charge in [-0.15, -0.1) is 10.2 Å². The largest absolute Gasteiger partial charge is 0.493 e. The first kappa shape index (κ1) is 21.5. The summed E-state index contributed by atoms with van der Waals surface area (Å²) in [6.45, 7) is 1.19. The average Bonchev–Trinajstić information content (AvgIpc) is 3.35. The lowest BCUT2D eigenvalue weighted by molar-refractivity contribution is 0.0600. The normalized spacial score (nSPS) is 10.5. The average molecular weight is 447 g/mol. The highest BCUT2D eigenvalue weighted by molar-refractivity contribution is 7.17. The molecule has 7 heteroatoms. The van der Waals surface area contributed by atoms with Gasteiger partial charge in [0.25, 0.3) is 0 Å². The first-order chi connectivity index (χ1) is 15.7. The van der Waals surface area contributed by atoms with Crippen LogP contribution < -0.4 is 9.47 Å². The molecule has 0 aliphatic heterocycles. The minimum Gasteiger partial charge on any atom is -0.493 e. The van der Waals surface area contributed by atoms with Crippen LogP contribution >= 0.6 is 11.3 Å². The zero-order valence-corrected chi connectivity index (χ0v) is 18.4. The molecule has 4 rings (SSSR count). The van der Waals surface area contributed by atoms with Crippen molar-refractivity contribution < 1.29 is 19.0 Å². The Morgan fingerprint density at radius 3 is 1.84 bits per heavy atom. The van der Waals surface area contributed by atoms with Gasteiger partial charge in [0.2, 0.25) is 0 Å². The van der Waals surface area contributed by atoms with E-state index < -0.39 is 0 Å². The van der Waals surface area contributed by atoms with Gasteiger partial charge in [0.05, 0.1) is 25.9 Å². The van der Waals surface area contributed by atoms with E-state index in [1.54, 1.807) is 12.1 Å². The van der Waals surface area contributed by atoms with E-state index in [2.05, 4.69) is 10.2 Å². The van der Waals surface area contributed by atoms with Gasteiger partial charge in [-0.05, 0) is 48.5 Å². The Morgan fingerprint density at radius 1 is 0.750 bits per heavy atom. The van der Waals surface area contributed by atoms with Crippen LogP contribution in [-0.2, 0) is 4.74 Å². The Hall–Kier alpha value is -3.71. The van der Waals surface area contributed by atoms with Gasteiger partial charge in [-0.1, -0.05) is 41.7 Å². The lowest BCUT2D eigenvalue weighted by Gasteiger charge is -2.08. The lowest BCUT2D eigenvalue weighted by atomic mass is 10.1. The number of hydrogen-bond donors (Lipinski definition) is 0. The van der Waals surface area contributed by atoms with Crippen molar-refractivity contribution in [2.45, 2.75) is 6.42 Å². The van der Waals surface area contributed by atoms with E-state index in [9.17, 15) is 4.79 Å². The molecule has 4 aromatic rings. The summed E-state index contributed by atoms with van der Waals surface area (Å²) in [4.78, 5) is 11.6. The molecular formula is C25H22N2O4S. The number of aromatic nitrogens is 2. The van der Waals surface area contributed by atoms with Crippen LogP contribution in [0.1, 0.15) is 16.8 Å². The van der Waals surface area contributed by atoms with Crippen LogP contribution in [0.5, 0.6) is 11.5 Å². The summed E-state index contributed by atoms with van der Waals surface area (Å²) < 4.78 is 16.2. The van der Waals surface area contributed by atoms with Crippen LogP contribution in [0.3, 0.4) is 0 Å². The molecule has 0 saturated heterocycles. The third-order valence-electron chi connectivity index (χ3n) is 4.65. The maximum Gasteiger partial charge on any atom is 0.337 e. The molecule has 6 nitrogen and oxygen atoms in total. The van der Waals surface area contributed by atoms with Crippen molar-refractivity contribution in [1.29, 1.82) is 0 Å². The molecule has 0 N–H and O–H groups in total. The predicted octanol–water partition coefficient (Wildman–Crippen LogP) is 5.51. The van der Waals surface area contributed by atoms with E-state index in [1.807, 2.05) is 66.7 Å². The fourth-order valence-electron chi connectivity index (χ4n) is 2.97. The number of carbonyl (C=O) groups is 1. The summed E-state index contributed by atoms with van der Waals surface area (Å²) in [6, 6.07) is 24.7. The summed E-state index contributed by atoms with van der Waals surface area (Å²) in [5.74, 6) is 1.31. The fourth-order valence-corrected chi connectivity index (χ4v) is 3.83. The van der Waals surface area contributed by atoms with Crippen LogP contribution in [0, 0.1) is 0 Å². The second-order valence-corrected chi connectivity index (χ2v) is 7.85. The van der Waals surface area contributed by atoms with E-state index in [-0.39, 0.29) is 5.97 Å². The minimum atomic E-state index is -0.361. The standard InChI is InChI=1S/C25H22N2O4S/c1-29-25(28)20-10-8-18(9-11-20)23-26-27-24(32-23)19-12-14-22(15-13-19)31-17-5-16-30-21-6-3-2-4-7-21/h2-4,6-15H,5,16-17H2,1H3. The van der Waals surface area contributed by atoms with Gasteiger partial charge in [0, 0.05) is 17.5 Å². The van der Waals surface area contributed by atoms with E-state index in [0.717, 1.165) is 39.1 Å². The number of carbonyl (C=O) groups excluding carboxylic acids is 1. The number of para-hydroxylation sites is 1. The van der Waals surface area contributed by atoms with Gasteiger partial charge in [-0.2, -0.15) is 0 Å². The van der Waals surface area contributed by atoms with Crippen molar-refractivity contribution in [2.75, 3.05) is 20.3 Å². The molecule has 0 saturated carbocycles. The Bertz CT molecular complexity index is 1140. The van der Waals surface area contributed by atoms with Gasteiger partial charge in [0.15, 0.2) is 0 Å². The van der Waals surface area contributed by atoms with Crippen LogP contribution in [-0.4, -0.2) is 36.5 Å². The van der Waals surface area contributed by atoms with Crippen molar-refractivity contribution in [3.05, 3.63) is 84.4 Å². The van der Waals surface area contributed by atoms with Crippen molar-refractivity contribution in [3.8, 4) is 32.6 Å². The summed E-state index contributed by atoms with van der Waals surface area (Å²) in [5, 5.41) is 10.2. The molecule has 0 atom stereocenters. The van der Waals surface area contributed by atoms with Crippen molar-refractivity contribution in [2.24, 2.45) is 0 Å². The monoisotopic (exact) mass is 446 g/mol. The van der Waals surface area contributed by atoms with Crippen LogP contribution in [0.4, 0.5) is 0 Å². The van der Waals surface area contributed by atoms with Crippen LogP contribution in [0.15, 0.2) is 78.9 Å². The molecule has 0 bridgehead atoms. The third kappa shape index (κ3) is 5.50. The summed E-state index contributed by atoms with van der Waals surface area (Å²) >= 11 is 1.49. The van der Waals surface area contributed by atoms with E-state index in [4.69, 9.17) is 14.2 Å². The highest BCUT2D eigenvalue weighted by Gasteiger charge is 2.11. The quantitative estimate of drug-likeness (QED) is 0.250. The minimum absolute atomic E-state index is 0.361. The number of hydrogen-bond acceptors (Lipinski definition) is 7.